The fourth-order valence-electron chi connectivity index (χ4n) is 4.73. The third-order valence-electron chi connectivity index (χ3n) is 6.21. The van der Waals surface area contributed by atoms with Gasteiger partial charge in [0.25, 0.3) is 0 Å². The van der Waals surface area contributed by atoms with E-state index in [0.717, 1.165) is 50.1 Å². The zero-order chi connectivity index (χ0) is 16.5. The van der Waals surface area contributed by atoms with E-state index in [-0.39, 0.29) is 12.2 Å². The smallest absolute Gasteiger partial charge is 0.138 e. The number of aromatic nitrogens is 1. The molecule has 3 fully saturated rings. The fraction of sp³-hybridized carbons (Fsp3) is 0.842. The number of hydrogen-bond acceptors (Lipinski definition) is 5. The van der Waals surface area contributed by atoms with Crippen LogP contribution in [0.5, 0.6) is 0 Å². The molecule has 0 amide bonds. The molecule has 3 atom stereocenters. The van der Waals surface area contributed by atoms with Gasteiger partial charge in [0.15, 0.2) is 0 Å². The van der Waals surface area contributed by atoms with Crippen LogP contribution in [0.3, 0.4) is 0 Å². The number of ether oxygens (including phenoxy) is 2. The number of morpholine rings is 1. The van der Waals surface area contributed by atoms with Crippen LogP contribution in [-0.2, 0) is 16.0 Å². The van der Waals surface area contributed by atoms with Crippen LogP contribution in [0.4, 0.5) is 0 Å². The van der Waals surface area contributed by atoms with Gasteiger partial charge < -0.3 is 14.0 Å². The molecule has 0 aromatic carbocycles. The normalized spacial score (nSPS) is 31.7. The molecule has 5 nitrogen and oxygen atoms in total. The molecule has 1 saturated heterocycles. The molecule has 24 heavy (non-hydrogen) atoms. The van der Waals surface area contributed by atoms with Gasteiger partial charge in [-0.15, -0.1) is 0 Å². The first-order chi connectivity index (χ1) is 11.7. The van der Waals surface area contributed by atoms with Crippen LogP contribution < -0.4 is 0 Å². The van der Waals surface area contributed by atoms with Crippen LogP contribution in [0, 0.1) is 19.8 Å². The number of hydrogen-bond donors (Lipinski definition) is 0. The van der Waals surface area contributed by atoms with Crippen molar-refractivity contribution >= 4 is 0 Å². The molecule has 0 unspecified atom stereocenters. The summed E-state index contributed by atoms with van der Waals surface area (Å²) in [6.45, 7) is 7.68. The molecule has 4 rings (SSSR count). The number of rotatable bonds is 5. The summed E-state index contributed by atoms with van der Waals surface area (Å²) >= 11 is 0. The molecule has 5 heteroatoms. The first-order valence-electron chi connectivity index (χ1n) is 9.61. The molecule has 1 aliphatic heterocycles. The Morgan fingerprint density at radius 2 is 2.00 bits per heavy atom. The predicted molar refractivity (Wildman–Crippen MR) is 90.8 cm³/mol. The summed E-state index contributed by atoms with van der Waals surface area (Å²) in [4.78, 5) is 2.56. The van der Waals surface area contributed by atoms with Gasteiger partial charge in [-0.3, -0.25) is 4.90 Å². The maximum atomic E-state index is 6.30. The molecule has 0 N–H and O–H groups in total. The fourth-order valence-corrected chi connectivity index (χ4v) is 4.73. The molecule has 2 heterocycles. The largest absolute Gasteiger partial charge is 0.375 e. The Morgan fingerprint density at radius 3 is 2.75 bits per heavy atom. The van der Waals surface area contributed by atoms with Crippen LogP contribution in [0.25, 0.3) is 0 Å². The van der Waals surface area contributed by atoms with Gasteiger partial charge in [0.05, 0.1) is 24.5 Å². The van der Waals surface area contributed by atoms with Crippen molar-refractivity contribution in [2.24, 2.45) is 5.92 Å². The topological polar surface area (TPSA) is 47.7 Å². The number of fused-ring (bicyclic) bond motifs is 1. The summed E-state index contributed by atoms with van der Waals surface area (Å²) in [7, 11) is 0. The van der Waals surface area contributed by atoms with E-state index in [1.54, 1.807) is 0 Å². The zero-order valence-electron chi connectivity index (χ0n) is 15.0. The van der Waals surface area contributed by atoms with Crippen LogP contribution in [0.15, 0.2) is 4.52 Å². The minimum absolute atomic E-state index is 0.237. The van der Waals surface area contributed by atoms with E-state index in [9.17, 15) is 0 Å². The number of nitrogens with zero attached hydrogens (tertiary/aromatic N) is 2. The van der Waals surface area contributed by atoms with E-state index >= 15 is 0 Å². The van der Waals surface area contributed by atoms with Crippen LogP contribution in [-0.4, -0.2) is 48.1 Å². The lowest BCUT2D eigenvalue weighted by molar-refractivity contribution is -0.119. The van der Waals surface area contributed by atoms with Crippen LogP contribution in [0.1, 0.15) is 55.5 Å². The Labute approximate surface area is 144 Å². The summed E-state index contributed by atoms with van der Waals surface area (Å²) in [6.07, 6.45) is 8.27. The summed E-state index contributed by atoms with van der Waals surface area (Å²) in [5, 5.41) is 4.10. The molecule has 2 saturated carbocycles. The molecule has 0 spiro atoms. The maximum absolute atomic E-state index is 6.30. The quantitative estimate of drug-likeness (QED) is 0.827. The SMILES string of the molecule is Cc1noc(C)c1CN1CCO[C@H]2[C@H](OCC3CCCC3)CC[C@@H]21. The third kappa shape index (κ3) is 3.26. The zero-order valence-corrected chi connectivity index (χ0v) is 15.0. The van der Waals surface area contributed by atoms with Crippen molar-refractivity contribution in [2.75, 3.05) is 19.8 Å². The van der Waals surface area contributed by atoms with Crippen molar-refractivity contribution in [1.29, 1.82) is 0 Å². The number of aryl methyl sites for hydroxylation is 2. The van der Waals surface area contributed by atoms with Crippen molar-refractivity contribution in [3.05, 3.63) is 17.0 Å². The third-order valence-corrected chi connectivity index (χ3v) is 6.21. The Kier molecular flexibility index (Phi) is 4.93. The van der Waals surface area contributed by atoms with Crippen molar-refractivity contribution in [1.82, 2.24) is 10.1 Å². The lowest BCUT2D eigenvalue weighted by Crippen LogP contribution is -2.51. The molecule has 1 aromatic heterocycles. The summed E-state index contributed by atoms with van der Waals surface area (Å²) < 4.78 is 17.8. The van der Waals surface area contributed by atoms with E-state index < -0.39 is 0 Å². The highest BCUT2D eigenvalue weighted by Crippen LogP contribution is 2.35. The first-order valence-corrected chi connectivity index (χ1v) is 9.61. The van der Waals surface area contributed by atoms with Gasteiger partial charge in [-0.1, -0.05) is 18.0 Å². The summed E-state index contributed by atoms with van der Waals surface area (Å²) in [5.74, 6) is 1.73. The van der Waals surface area contributed by atoms with Crippen molar-refractivity contribution in [3.63, 3.8) is 0 Å². The lowest BCUT2D eigenvalue weighted by atomic mass is 10.1. The minimum atomic E-state index is 0.237. The van der Waals surface area contributed by atoms with Gasteiger partial charge in [0.1, 0.15) is 5.76 Å². The lowest BCUT2D eigenvalue weighted by Gasteiger charge is -2.39. The highest BCUT2D eigenvalue weighted by atomic mass is 16.5. The van der Waals surface area contributed by atoms with Gasteiger partial charge >= 0.3 is 0 Å². The van der Waals surface area contributed by atoms with E-state index in [2.05, 4.69) is 10.1 Å². The second kappa shape index (κ2) is 7.14. The van der Waals surface area contributed by atoms with Crippen molar-refractivity contribution < 1.29 is 14.0 Å². The van der Waals surface area contributed by atoms with Crippen LogP contribution in [0.2, 0.25) is 0 Å². The van der Waals surface area contributed by atoms with Gasteiger partial charge in [-0.05, 0) is 45.4 Å². The Bertz CT molecular complexity index is 533. The Morgan fingerprint density at radius 1 is 1.17 bits per heavy atom. The van der Waals surface area contributed by atoms with E-state index in [1.807, 2.05) is 13.8 Å². The first kappa shape index (κ1) is 16.6. The second-order valence-electron chi connectivity index (χ2n) is 7.78. The van der Waals surface area contributed by atoms with E-state index in [0.29, 0.717) is 6.04 Å². The second-order valence-corrected chi connectivity index (χ2v) is 7.78. The van der Waals surface area contributed by atoms with Crippen LogP contribution >= 0.6 is 0 Å². The Balaban J connectivity index is 1.37. The van der Waals surface area contributed by atoms with E-state index in [4.69, 9.17) is 14.0 Å². The molecular formula is C19H30N2O3. The van der Waals surface area contributed by atoms with Crippen molar-refractivity contribution in [2.45, 2.75) is 77.2 Å². The van der Waals surface area contributed by atoms with Gasteiger partial charge in [-0.2, -0.15) is 0 Å². The van der Waals surface area contributed by atoms with Gasteiger partial charge in [-0.25, -0.2) is 0 Å². The van der Waals surface area contributed by atoms with E-state index in [1.165, 1.54) is 37.7 Å². The highest BCUT2D eigenvalue weighted by Gasteiger charge is 2.43. The minimum Gasteiger partial charge on any atom is -0.375 e. The van der Waals surface area contributed by atoms with Gasteiger partial charge in [0, 0.05) is 31.3 Å². The molecule has 3 aliphatic rings. The van der Waals surface area contributed by atoms with Gasteiger partial charge in [0.2, 0.25) is 0 Å². The molecule has 2 aliphatic carbocycles. The molecule has 0 radical (unpaired) electrons. The standard InChI is InChI=1S/C19H30N2O3/c1-13-16(14(2)24-20-13)11-21-9-10-22-19-17(21)7-8-18(19)23-12-15-5-3-4-6-15/h15,17-19H,3-12H2,1-2H3/t17-,18+,19+/m0/s1. The molecule has 134 valence electrons. The molecule has 1 aromatic rings. The molecular weight excluding hydrogens is 304 g/mol. The monoisotopic (exact) mass is 334 g/mol. The molecule has 0 bridgehead atoms. The summed E-state index contributed by atoms with van der Waals surface area (Å²) in [6, 6.07) is 0.473. The Hall–Kier alpha value is -0.910. The average Bonchev–Trinajstić information content (AvgIpc) is 3.30. The highest BCUT2D eigenvalue weighted by molar-refractivity contribution is 5.21. The van der Waals surface area contributed by atoms with Crippen molar-refractivity contribution in [3.8, 4) is 0 Å². The average molecular weight is 334 g/mol. The maximum Gasteiger partial charge on any atom is 0.138 e. The summed E-state index contributed by atoms with van der Waals surface area (Å²) in [5.41, 5.74) is 2.26. The predicted octanol–water partition coefficient (Wildman–Crippen LogP) is 3.23.